The Morgan fingerprint density at radius 3 is 2.25 bits per heavy atom. The van der Waals surface area contributed by atoms with Crippen LogP contribution in [-0.2, 0) is 14.3 Å². The van der Waals surface area contributed by atoms with Crippen LogP contribution in [0.4, 0.5) is 9.18 Å². The number of carbonyl (C=O) groups excluding carboxylic acids is 2. The quantitative estimate of drug-likeness (QED) is 0.586. The van der Waals surface area contributed by atoms with Crippen LogP contribution < -0.4 is 5.32 Å². The highest BCUT2D eigenvalue weighted by molar-refractivity contribution is 5.86. The average molecular weight is 442 g/mol. The number of carboxylic acid groups (broad SMARTS) is 1. The zero-order chi connectivity index (χ0) is 23.1. The fraction of sp³-hybridized carbons (Fsp3) is 0.375. The Morgan fingerprint density at radius 1 is 1.09 bits per heavy atom. The lowest BCUT2D eigenvalue weighted by Crippen LogP contribution is -2.48. The van der Waals surface area contributed by atoms with Crippen molar-refractivity contribution in [2.24, 2.45) is 0 Å². The number of nitrogens with zero attached hydrogens (tertiary/aromatic N) is 1. The lowest BCUT2D eigenvalue weighted by Gasteiger charge is -2.24. The Kier molecular flexibility index (Phi) is 7.81. The predicted molar refractivity (Wildman–Crippen MR) is 117 cm³/mol. The van der Waals surface area contributed by atoms with E-state index in [0.29, 0.717) is 0 Å². The van der Waals surface area contributed by atoms with E-state index < -0.39 is 30.7 Å². The molecule has 3 rings (SSSR count). The van der Waals surface area contributed by atoms with Gasteiger partial charge in [-0.3, -0.25) is 14.0 Å². The van der Waals surface area contributed by atoms with Crippen molar-refractivity contribution in [3.8, 4) is 11.1 Å². The van der Waals surface area contributed by atoms with Crippen molar-refractivity contribution < 1.29 is 28.6 Å². The summed E-state index contributed by atoms with van der Waals surface area (Å²) in [7, 11) is 1.49. The third-order valence-corrected chi connectivity index (χ3v) is 5.58. The van der Waals surface area contributed by atoms with Gasteiger partial charge in [0, 0.05) is 25.9 Å². The summed E-state index contributed by atoms with van der Waals surface area (Å²) in [6.45, 7) is -0.320. The summed E-state index contributed by atoms with van der Waals surface area (Å²) in [6, 6.07) is 14.8. The van der Waals surface area contributed by atoms with Crippen LogP contribution in [0.3, 0.4) is 0 Å². The fourth-order valence-electron chi connectivity index (χ4n) is 3.98. The highest BCUT2D eigenvalue weighted by Crippen LogP contribution is 2.44. The van der Waals surface area contributed by atoms with Crippen LogP contribution in [0.25, 0.3) is 11.1 Å². The zero-order valence-electron chi connectivity index (χ0n) is 17.9. The molecule has 0 heterocycles. The van der Waals surface area contributed by atoms with Crippen LogP contribution in [0.1, 0.15) is 36.3 Å². The maximum Gasteiger partial charge on any atom is 0.407 e. The van der Waals surface area contributed by atoms with Gasteiger partial charge >= 0.3 is 12.1 Å². The molecule has 2 N–H and O–H groups in total. The molecule has 0 fully saturated rings. The molecular weight excluding hydrogens is 415 g/mol. The number of ether oxygens (including phenoxy) is 1. The van der Waals surface area contributed by atoms with E-state index in [1.807, 2.05) is 48.5 Å². The van der Waals surface area contributed by atoms with Gasteiger partial charge in [-0.25, -0.2) is 4.79 Å². The predicted octanol–water partition coefficient (Wildman–Crippen LogP) is 3.58. The van der Waals surface area contributed by atoms with Crippen LogP contribution >= 0.6 is 0 Å². The SMILES string of the molecule is CN(CCCF)C(=O)C(CCC(=O)O)NC(=O)OCC1c2ccccc2-c2ccccc21. The van der Waals surface area contributed by atoms with Gasteiger partial charge in [0.2, 0.25) is 5.91 Å². The van der Waals surface area contributed by atoms with Gasteiger partial charge in [0.1, 0.15) is 12.6 Å². The molecule has 0 aliphatic heterocycles. The number of aliphatic carboxylic acids is 1. The number of hydrogen-bond acceptors (Lipinski definition) is 4. The average Bonchev–Trinajstić information content (AvgIpc) is 3.12. The molecule has 8 heteroatoms. The first-order valence-electron chi connectivity index (χ1n) is 10.6. The molecule has 7 nitrogen and oxygen atoms in total. The Hall–Kier alpha value is -3.42. The molecule has 0 bridgehead atoms. The smallest absolute Gasteiger partial charge is 0.407 e. The Labute approximate surface area is 186 Å². The van der Waals surface area contributed by atoms with E-state index in [1.54, 1.807) is 0 Å². The van der Waals surface area contributed by atoms with Gasteiger partial charge in [-0.2, -0.15) is 0 Å². The number of nitrogens with one attached hydrogen (secondary N) is 1. The van der Waals surface area contributed by atoms with Gasteiger partial charge in [0.05, 0.1) is 6.67 Å². The van der Waals surface area contributed by atoms with Gasteiger partial charge in [-0.05, 0) is 35.1 Å². The second-order valence-corrected chi connectivity index (χ2v) is 7.76. The summed E-state index contributed by atoms with van der Waals surface area (Å²) >= 11 is 0. The number of halogens is 1. The molecule has 0 saturated heterocycles. The van der Waals surface area contributed by atoms with Crippen molar-refractivity contribution >= 4 is 18.0 Å². The molecule has 170 valence electrons. The van der Waals surface area contributed by atoms with Crippen LogP contribution in [0, 0.1) is 0 Å². The highest BCUT2D eigenvalue weighted by atomic mass is 19.1. The molecule has 2 aromatic rings. The summed E-state index contributed by atoms with van der Waals surface area (Å²) in [4.78, 5) is 37.4. The first kappa shape index (κ1) is 23.2. The Bertz CT molecular complexity index is 935. The number of alkyl halides is 1. The topological polar surface area (TPSA) is 95.9 Å². The normalized spacial score (nSPS) is 13.1. The minimum Gasteiger partial charge on any atom is -0.481 e. The Morgan fingerprint density at radius 2 is 1.69 bits per heavy atom. The number of rotatable bonds is 10. The van der Waals surface area contributed by atoms with E-state index in [4.69, 9.17) is 9.84 Å². The van der Waals surface area contributed by atoms with Crippen molar-refractivity contribution in [1.82, 2.24) is 10.2 Å². The van der Waals surface area contributed by atoms with Gasteiger partial charge in [0.15, 0.2) is 0 Å². The number of likely N-dealkylation sites (N-methyl/N-ethyl adjacent to an activating group) is 1. The van der Waals surface area contributed by atoms with Crippen LogP contribution in [0.2, 0.25) is 0 Å². The lowest BCUT2D eigenvalue weighted by molar-refractivity contribution is -0.137. The summed E-state index contributed by atoms with van der Waals surface area (Å²) < 4.78 is 17.9. The molecule has 2 aromatic carbocycles. The highest BCUT2D eigenvalue weighted by Gasteiger charge is 2.30. The number of benzene rings is 2. The number of fused-ring (bicyclic) bond motifs is 3. The molecule has 32 heavy (non-hydrogen) atoms. The summed E-state index contributed by atoms with van der Waals surface area (Å²) in [5.41, 5.74) is 4.32. The Balaban J connectivity index is 1.66. The van der Waals surface area contributed by atoms with Gasteiger partial charge in [0.25, 0.3) is 0 Å². The number of carbonyl (C=O) groups is 3. The third-order valence-electron chi connectivity index (χ3n) is 5.58. The summed E-state index contributed by atoms with van der Waals surface area (Å²) in [5, 5.41) is 11.5. The third kappa shape index (κ3) is 5.43. The zero-order valence-corrected chi connectivity index (χ0v) is 17.9. The molecule has 1 unspecified atom stereocenters. The number of amides is 2. The number of carboxylic acids is 1. The molecule has 0 spiro atoms. The standard InChI is InChI=1S/C24H27FN2O5/c1-27(14-6-13-25)23(30)21(11-12-22(28)29)26-24(31)32-15-20-18-9-4-2-7-16(18)17-8-3-5-10-19(17)20/h2-5,7-10,20-21H,6,11-15H2,1H3,(H,26,31)(H,28,29). The van der Waals surface area contributed by atoms with Crippen molar-refractivity contribution in [3.63, 3.8) is 0 Å². The van der Waals surface area contributed by atoms with Crippen molar-refractivity contribution in [3.05, 3.63) is 59.7 Å². The van der Waals surface area contributed by atoms with E-state index in [1.165, 1.54) is 11.9 Å². The minimum atomic E-state index is -1.08. The van der Waals surface area contributed by atoms with E-state index in [0.717, 1.165) is 22.3 Å². The van der Waals surface area contributed by atoms with Gasteiger partial charge < -0.3 is 20.1 Å². The molecule has 1 aliphatic rings. The van der Waals surface area contributed by atoms with E-state index >= 15 is 0 Å². The van der Waals surface area contributed by atoms with Gasteiger partial charge in [-0.15, -0.1) is 0 Å². The molecule has 0 aromatic heterocycles. The van der Waals surface area contributed by atoms with Crippen LogP contribution in [0.5, 0.6) is 0 Å². The van der Waals surface area contributed by atoms with E-state index in [2.05, 4.69) is 5.32 Å². The second-order valence-electron chi connectivity index (χ2n) is 7.76. The molecule has 0 saturated carbocycles. The first-order chi connectivity index (χ1) is 15.4. The largest absolute Gasteiger partial charge is 0.481 e. The maximum atomic E-state index is 12.6. The molecule has 2 amide bonds. The lowest BCUT2D eigenvalue weighted by atomic mass is 9.98. The minimum absolute atomic E-state index is 0.0807. The van der Waals surface area contributed by atoms with Gasteiger partial charge in [-0.1, -0.05) is 48.5 Å². The molecular formula is C24H27FN2O5. The van der Waals surface area contributed by atoms with Crippen LogP contribution in [0.15, 0.2) is 48.5 Å². The monoisotopic (exact) mass is 442 g/mol. The second kappa shape index (κ2) is 10.7. The molecule has 0 radical (unpaired) electrons. The van der Waals surface area contributed by atoms with Crippen molar-refractivity contribution in [2.75, 3.05) is 26.9 Å². The van der Waals surface area contributed by atoms with Crippen LogP contribution in [-0.4, -0.2) is 60.9 Å². The summed E-state index contributed by atoms with van der Waals surface area (Å²) in [5.74, 6) is -1.69. The first-order valence-corrected chi connectivity index (χ1v) is 10.6. The van der Waals surface area contributed by atoms with E-state index in [-0.39, 0.29) is 38.3 Å². The maximum absolute atomic E-state index is 12.6. The summed E-state index contributed by atoms with van der Waals surface area (Å²) in [6.07, 6.45) is -1.01. The van der Waals surface area contributed by atoms with Crippen molar-refractivity contribution in [2.45, 2.75) is 31.2 Å². The van der Waals surface area contributed by atoms with Crippen molar-refractivity contribution in [1.29, 1.82) is 0 Å². The molecule has 1 aliphatic carbocycles. The number of hydrogen-bond donors (Lipinski definition) is 2. The number of alkyl carbamates (subject to hydrolysis) is 1. The van der Waals surface area contributed by atoms with E-state index in [9.17, 15) is 18.8 Å². The molecule has 1 atom stereocenters. The fourth-order valence-corrected chi connectivity index (χ4v) is 3.98.